The molecule has 7 nitrogen and oxygen atoms in total. The van der Waals surface area contributed by atoms with Crippen molar-refractivity contribution in [3.63, 3.8) is 0 Å². The molecule has 0 bridgehead atoms. The first kappa shape index (κ1) is 18.4. The number of nitrogens with zero attached hydrogens (tertiary/aromatic N) is 4. The Labute approximate surface area is 154 Å². The van der Waals surface area contributed by atoms with Crippen LogP contribution in [0, 0.1) is 5.41 Å². The number of rotatable bonds is 5. The van der Waals surface area contributed by atoms with Crippen molar-refractivity contribution in [2.24, 2.45) is 5.41 Å². The van der Waals surface area contributed by atoms with Crippen molar-refractivity contribution in [1.82, 2.24) is 19.7 Å². The molecule has 0 aromatic carbocycles. The van der Waals surface area contributed by atoms with Gasteiger partial charge in [-0.05, 0) is 37.0 Å². The van der Waals surface area contributed by atoms with E-state index in [9.17, 15) is 14.4 Å². The molecule has 3 amide bonds. The summed E-state index contributed by atoms with van der Waals surface area (Å²) in [6.45, 7) is 4.23. The van der Waals surface area contributed by atoms with Crippen LogP contribution in [0.1, 0.15) is 25.3 Å². The minimum Gasteiger partial charge on any atom is -0.344 e. The van der Waals surface area contributed by atoms with Crippen LogP contribution in [0.2, 0.25) is 0 Å². The molecule has 3 rings (SSSR count). The first-order valence-electron chi connectivity index (χ1n) is 9.13. The lowest BCUT2D eigenvalue weighted by atomic mass is 10.0. The maximum Gasteiger partial charge on any atom is 0.238 e. The van der Waals surface area contributed by atoms with Gasteiger partial charge in [0, 0.05) is 59.1 Å². The van der Waals surface area contributed by atoms with E-state index < -0.39 is 5.41 Å². The molecule has 1 aromatic heterocycles. The normalized spacial score (nSPS) is 18.4. The summed E-state index contributed by atoms with van der Waals surface area (Å²) >= 11 is 0. The predicted molar refractivity (Wildman–Crippen MR) is 96.1 cm³/mol. The fraction of sp³-hybridized carbons (Fsp3) is 0.579. The molecule has 1 aliphatic carbocycles. The topological polar surface area (TPSA) is 73.8 Å². The van der Waals surface area contributed by atoms with Crippen LogP contribution in [0.4, 0.5) is 0 Å². The highest BCUT2D eigenvalue weighted by atomic mass is 16.2. The fourth-order valence-corrected chi connectivity index (χ4v) is 3.48. The van der Waals surface area contributed by atoms with Crippen LogP contribution in [-0.4, -0.2) is 77.2 Å². The van der Waals surface area contributed by atoms with Gasteiger partial charge in [-0.3, -0.25) is 19.4 Å². The Bertz CT molecular complexity index is 679. The number of carbonyl (C=O) groups is 3. The van der Waals surface area contributed by atoms with Crippen molar-refractivity contribution in [3.05, 3.63) is 30.1 Å². The molecule has 0 radical (unpaired) electrons. The van der Waals surface area contributed by atoms with Gasteiger partial charge in [-0.15, -0.1) is 0 Å². The summed E-state index contributed by atoms with van der Waals surface area (Å²) in [5.74, 6) is -0.114. The zero-order valence-corrected chi connectivity index (χ0v) is 15.5. The number of amides is 3. The van der Waals surface area contributed by atoms with Gasteiger partial charge in [-0.25, -0.2) is 0 Å². The Morgan fingerprint density at radius 3 is 2.19 bits per heavy atom. The number of hydrogen-bond acceptors (Lipinski definition) is 4. The van der Waals surface area contributed by atoms with E-state index >= 15 is 0 Å². The Balaban J connectivity index is 1.56. The Kier molecular flexibility index (Phi) is 5.25. The van der Waals surface area contributed by atoms with E-state index in [0.29, 0.717) is 45.6 Å². The van der Waals surface area contributed by atoms with Crippen molar-refractivity contribution >= 4 is 17.7 Å². The van der Waals surface area contributed by atoms with E-state index in [2.05, 4.69) is 4.98 Å². The van der Waals surface area contributed by atoms with Gasteiger partial charge in [-0.2, -0.15) is 0 Å². The minimum atomic E-state index is -0.870. The number of likely N-dealkylation sites (N-methyl/N-ethyl adjacent to an activating group) is 1. The molecular formula is C19H26N4O3. The van der Waals surface area contributed by atoms with Crippen molar-refractivity contribution in [2.75, 3.05) is 39.8 Å². The third-order valence-corrected chi connectivity index (χ3v) is 5.41. The van der Waals surface area contributed by atoms with Gasteiger partial charge in [0.05, 0.1) is 0 Å². The molecule has 0 spiro atoms. The monoisotopic (exact) mass is 358 g/mol. The highest BCUT2D eigenvalue weighted by Crippen LogP contribution is 2.48. The SMILES string of the molecule is CC(=O)N1CCN(C(=O)C2(C(=O)N(C)CCc3ccncc3)CC2)CC1. The first-order valence-corrected chi connectivity index (χ1v) is 9.13. The number of hydrogen-bond donors (Lipinski definition) is 0. The van der Waals surface area contributed by atoms with E-state index in [1.807, 2.05) is 12.1 Å². The van der Waals surface area contributed by atoms with E-state index in [4.69, 9.17) is 0 Å². The Morgan fingerprint density at radius 2 is 1.65 bits per heavy atom. The van der Waals surface area contributed by atoms with Crippen LogP contribution in [0.3, 0.4) is 0 Å². The van der Waals surface area contributed by atoms with E-state index in [1.54, 1.807) is 41.1 Å². The molecule has 0 N–H and O–H groups in total. The fourth-order valence-electron chi connectivity index (χ4n) is 3.48. The van der Waals surface area contributed by atoms with Crippen LogP contribution in [-0.2, 0) is 20.8 Å². The van der Waals surface area contributed by atoms with Crippen molar-refractivity contribution in [1.29, 1.82) is 0 Å². The summed E-state index contributed by atoms with van der Waals surface area (Å²) in [6, 6.07) is 3.87. The highest BCUT2D eigenvalue weighted by molar-refractivity contribution is 6.07. The van der Waals surface area contributed by atoms with Crippen LogP contribution in [0.15, 0.2) is 24.5 Å². The molecule has 2 fully saturated rings. The third-order valence-electron chi connectivity index (χ3n) is 5.41. The van der Waals surface area contributed by atoms with E-state index in [1.165, 1.54) is 0 Å². The van der Waals surface area contributed by atoms with Crippen LogP contribution >= 0.6 is 0 Å². The molecule has 140 valence electrons. The van der Waals surface area contributed by atoms with E-state index in [0.717, 1.165) is 12.0 Å². The Hall–Kier alpha value is -2.44. The van der Waals surface area contributed by atoms with Crippen LogP contribution in [0.5, 0.6) is 0 Å². The standard InChI is InChI=1S/C19H26N4O3/c1-15(24)22-11-13-23(14-12-22)18(26)19(6-7-19)17(25)21(2)10-5-16-3-8-20-9-4-16/h3-4,8-9H,5-7,10-14H2,1-2H3. The second-order valence-electron chi connectivity index (χ2n) is 7.21. The zero-order valence-electron chi connectivity index (χ0n) is 15.5. The average molecular weight is 358 g/mol. The summed E-state index contributed by atoms with van der Waals surface area (Å²) in [5, 5.41) is 0. The maximum absolute atomic E-state index is 12.9. The number of aromatic nitrogens is 1. The van der Waals surface area contributed by atoms with Gasteiger partial charge in [0.2, 0.25) is 17.7 Å². The maximum atomic E-state index is 12.9. The molecule has 1 aromatic rings. The summed E-state index contributed by atoms with van der Waals surface area (Å²) in [5.41, 5.74) is 0.252. The summed E-state index contributed by atoms with van der Waals surface area (Å²) in [4.78, 5) is 46.4. The molecule has 26 heavy (non-hydrogen) atoms. The third kappa shape index (κ3) is 3.71. The first-order chi connectivity index (χ1) is 12.4. The molecular weight excluding hydrogens is 332 g/mol. The van der Waals surface area contributed by atoms with Gasteiger partial charge in [-0.1, -0.05) is 0 Å². The number of pyridine rings is 1. The molecule has 1 saturated heterocycles. The van der Waals surface area contributed by atoms with Gasteiger partial charge < -0.3 is 14.7 Å². The van der Waals surface area contributed by atoms with Crippen LogP contribution in [0.25, 0.3) is 0 Å². The van der Waals surface area contributed by atoms with E-state index in [-0.39, 0.29) is 17.7 Å². The number of carbonyl (C=O) groups excluding carboxylic acids is 3. The molecule has 2 heterocycles. The lowest BCUT2D eigenvalue weighted by Gasteiger charge is -2.36. The zero-order chi connectivity index (χ0) is 18.7. The quantitative estimate of drug-likeness (QED) is 0.721. The molecule has 7 heteroatoms. The van der Waals surface area contributed by atoms with Crippen LogP contribution < -0.4 is 0 Å². The highest BCUT2D eigenvalue weighted by Gasteiger charge is 2.59. The molecule has 2 aliphatic rings. The lowest BCUT2D eigenvalue weighted by molar-refractivity contribution is -0.151. The smallest absolute Gasteiger partial charge is 0.238 e. The summed E-state index contributed by atoms with van der Waals surface area (Å²) in [6.07, 6.45) is 5.47. The lowest BCUT2D eigenvalue weighted by Crippen LogP contribution is -2.54. The number of piperazine rings is 1. The predicted octanol–water partition coefficient (Wildman–Crippen LogP) is 0.553. The van der Waals surface area contributed by atoms with Crippen molar-refractivity contribution < 1.29 is 14.4 Å². The molecule has 1 aliphatic heterocycles. The van der Waals surface area contributed by atoms with Gasteiger partial charge in [0.15, 0.2) is 0 Å². The molecule has 0 unspecified atom stereocenters. The summed E-state index contributed by atoms with van der Waals surface area (Å²) in [7, 11) is 1.77. The largest absolute Gasteiger partial charge is 0.344 e. The second-order valence-corrected chi connectivity index (χ2v) is 7.21. The summed E-state index contributed by atoms with van der Waals surface area (Å²) < 4.78 is 0. The molecule has 0 atom stereocenters. The Morgan fingerprint density at radius 1 is 1.08 bits per heavy atom. The molecule has 1 saturated carbocycles. The van der Waals surface area contributed by atoms with Crippen molar-refractivity contribution in [3.8, 4) is 0 Å². The van der Waals surface area contributed by atoms with Gasteiger partial charge >= 0.3 is 0 Å². The van der Waals surface area contributed by atoms with Crippen molar-refractivity contribution in [2.45, 2.75) is 26.2 Å². The second kappa shape index (κ2) is 7.43. The van der Waals surface area contributed by atoms with Gasteiger partial charge in [0.25, 0.3) is 0 Å². The average Bonchev–Trinajstić information content (AvgIpc) is 3.47. The minimum absolute atomic E-state index is 0.0326. The van der Waals surface area contributed by atoms with Gasteiger partial charge in [0.1, 0.15) is 5.41 Å².